The summed E-state index contributed by atoms with van der Waals surface area (Å²) < 4.78 is 5.76. The number of benzene rings is 3. The highest BCUT2D eigenvalue weighted by molar-refractivity contribution is 6.39. The minimum Gasteiger partial charge on any atom is -0.487 e. The molecule has 4 rings (SSSR count). The van der Waals surface area contributed by atoms with E-state index in [4.69, 9.17) is 39.5 Å². The maximum absolute atomic E-state index is 13.2. The quantitative estimate of drug-likeness (QED) is 0.302. The first kappa shape index (κ1) is 24.8. The molecule has 0 spiro atoms. The highest BCUT2D eigenvalue weighted by Crippen LogP contribution is 2.30. The summed E-state index contributed by atoms with van der Waals surface area (Å²) in [6.07, 6.45) is 1.38. The number of rotatable bonds is 5. The van der Waals surface area contributed by atoms with Crippen LogP contribution >= 0.6 is 34.8 Å². The molecule has 178 valence electrons. The highest BCUT2D eigenvalue weighted by Gasteiger charge is 2.37. The van der Waals surface area contributed by atoms with Gasteiger partial charge in [-0.2, -0.15) is 0 Å². The van der Waals surface area contributed by atoms with Gasteiger partial charge in [-0.05, 0) is 66.9 Å². The van der Waals surface area contributed by atoms with Gasteiger partial charge in [-0.3, -0.25) is 14.9 Å². The number of ether oxygens (including phenoxy) is 1. The molecule has 0 saturated carbocycles. The third-order valence-electron chi connectivity index (χ3n) is 5.58. The average molecular weight is 530 g/mol. The van der Waals surface area contributed by atoms with E-state index in [2.05, 4.69) is 5.32 Å². The van der Waals surface area contributed by atoms with Crippen molar-refractivity contribution >= 4 is 64.4 Å². The lowest BCUT2D eigenvalue weighted by molar-refractivity contribution is -0.122. The van der Waals surface area contributed by atoms with Gasteiger partial charge in [0.1, 0.15) is 17.9 Å². The van der Waals surface area contributed by atoms with Crippen molar-refractivity contribution in [2.24, 2.45) is 0 Å². The Bertz CT molecular complexity index is 1400. The van der Waals surface area contributed by atoms with Crippen LogP contribution in [-0.2, 0) is 16.2 Å². The number of hydrogen-bond acceptors (Lipinski definition) is 4. The number of aryl methyl sites for hydroxylation is 1. The van der Waals surface area contributed by atoms with Crippen LogP contribution in [0.3, 0.4) is 0 Å². The zero-order valence-electron chi connectivity index (χ0n) is 18.7. The summed E-state index contributed by atoms with van der Waals surface area (Å²) in [4.78, 5) is 39.1. The molecule has 0 atom stereocenters. The van der Waals surface area contributed by atoms with Gasteiger partial charge in [0.05, 0.1) is 10.7 Å². The Kier molecular flexibility index (Phi) is 7.17. The van der Waals surface area contributed by atoms with Crippen molar-refractivity contribution in [1.29, 1.82) is 0 Å². The molecule has 1 fully saturated rings. The minimum atomic E-state index is -0.798. The molecule has 9 heteroatoms. The summed E-state index contributed by atoms with van der Waals surface area (Å²) in [6.45, 7) is 3.85. The first-order valence-electron chi connectivity index (χ1n) is 10.5. The number of nitrogens with zero attached hydrogens (tertiary/aromatic N) is 1. The molecule has 0 bridgehead atoms. The van der Waals surface area contributed by atoms with Crippen LogP contribution in [0.25, 0.3) is 6.08 Å². The second kappa shape index (κ2) is 10.1. The highest BCUT2D eigenvalue weighted by atomic mass is 35.5. The number of nitrogens with one attached hydrogen (secondary N) is 1. The molecule has 1 aliphatic heterocycles. The molecule has 3 aromatic carbocycles. The van der Waals surface area contributed by atoms with E-state index in [1.54, 1.807) is 55.5 Å². The number of halogens is 3. The summed E-state index contributed by atoms with van der Waals surface area (Å²) >= 11 is 18.5. The number of imide groups is 2. The van der Waals surface area contributed by atoms with Crippen molar-refractivity contribution in [1.82, 2.24) is 5.32 Å². The molecule has 0 aliphatic carbocycles. The van der Waals surface area contributed by atoms with Crippen molar-refractivity contribution in [3.8, 4) is 5.75 Å². The Hall–Kier alpha value is -3.32. The number of amides is 4. The zero-order valence-corrected chi connectivity index (χ0v) is 21.0. The normalized spacial score (nSPS) is 14.9. The van der Waals surface area contributed by atoms with Crippen LogP contribution in [0.4, 0.5) is 10.5 Å². The predicted molar refractivity (Wildman–Crippen MR) is 137 cm³/mol. The van der Waals surface area contributed by atoms with Crippen LogP contribution in [-0.4, -0.2) is 17.8 Å². The van der Waals surface area contributed by atoms with E-state index in [0.717, 1.165) is 21.6 Å². The Morgan fingerprint density at radius 1 is 0.943 bits per heavy atom. The molecule has 1 N–H and O–H groups in total. The monoisotopic (exact) mass is 528 g/mol. The van der Waals surface area contributed by atoms with E-state index in [1.165, 1.54) is 6.08 Å². The van der Waals surface area contributed by atoms with Gasteiger partial charge in [0.15, 0.2) is 0 Å². The third-order valence-corrected chi connectivity index (χ3v) is 6.47. The number of hydrogen-bond donors (Lipinski definition) is 1. The fourth-order valence-electron chi connectivity index (χ4n) is 3.54. The lowest BCUT2D eigenvalue weighted by atomic mass is 10.0. The standard InChI is InChI=1S/C26H19Cl3N2O4/c1-14-4-3-5-22(15(14)2)31-25(33)19(24(32)30-26(31)34)10-16-6-9-23(21(29)11-16)35-13-17-7-8-18(27)12-20(17)28/h3-12H,13H2,1-2H3,(H,30,32,34)/b19-10+. The van der Waals surface area contributed by atoms with E-state index >= 15 is 0 Å². The van der Waals surface area contributed by atoms with Crippen molar-refractivity contribution in [2.45, 2.75) is 20.5 Å². The molecule has 6 nitrogen and oxygen atoms in total. The molecular formula is C26H19Cl3N2O4. The van der Waals surface area contributed by atoms with Crippen LogP contribution in [0.1, 0.15) is 22.3 Å². The van der Waals surface area contributed by atoms with Crippen molar-refractivity contribution < 1.29 is 19.1 Å². The van der Waals surface area contributed by atoms with E-state index in [1.807, 2.05) is 13.0 Å². The van der Waals surface area contributed by atoms with Gasteiger partial charge < -0.3 is 4.74 Å². The second-order valence-electron chi connectivity index (χ2n) is 7.89. The van der Waals surface area contributed by atoms with Gasteiger partial charge in [-0.25, -0.2) is 9.69 Å². The van der Waals surface area contributed by atoms with E-state index in [0.29, 0.717) is 27.0 Å². The van der Waals surface area contributed by atoms with Crippen LogP contribution in [0.5, 0.6) is 5.75 Å². The van der Waals surface area contributed by atoms with Gasteiger partial charge in [-0.15, -0.1) is 0 Å². The Morgan fingerprint density at radius 2 is 1.71 bits per heavy atom. The number of anilines is 1. The lowest BCUT2D eigenvalue weighted by Crippen LogP contribution is -2.54. The summed E-state index contributed by atoms with van der Waals surface area (Å²) in [5.74, 6) is -1.11. The summed E-state index contributed by atoms with van der Waals surface area (Å²) in [5, 5.41) is 3.50. The van der Waals surface area contributed by atoms with Crippen molar-refractivity contribution in [3.05, 3.63) is 97.5 Å². The molecule has 4 amide bonds. The Labute approximate surface area is 217 Å². The molecule has 35 heavy (non-hydrogen) atoms. The summed E-state index contributed by atoms with van der Waals surface area (Å²) in [5.41, 5.74) is 3.11. The summed E-state index contributed by atoms with van der Waals surface area (Å²) in [7, 11) is 0. The van der Waals surface area contributed by atoms with Crippen molar-refractivity contribution in [2.75, 3.05) is 4.90 Å². The fourth-order valence-corrected chi connectivity index (χ4v) is 4.25. The SMILES string of the molecule is Cc1cccc(N2C(=O)NC(=O)/C(=C\c3ccc(OCc4ccc(Cl)cc4Cl)c(Cl)c3)C2=O)c1C. The topological polar surface area (TPSA) is 75.7 Å². The maximum Gasteiger partial charge on any atom is 0.335 e. The third kappa shape index (κ3) is 5.20. The number of carbonyl (C=O) groups is 3. The average Bonchev–Trinajstić information content (AvgIpc) is 2.80. The van der Waals surface area contributed by atoms with Gasteiger partial charge in [-0.1, -0.05) is 59.1 Å². The number of urea groups is 1. The Morgan fingerprint density at radius 3 is 2.43 bits per heavy atom. The molecule has 0 unspecified atom stereocenters. The first-order chi connectivity index (χ1) is 16.7. The Balaban J connectivity index is 1.58. The largest absolute Gasteiger partial charge is 0.487 e. The smallest absolute Gasteiger partial charge is 0.335 e. The van der Waals surface area contributed by atoms with E-state index < -0.39 is 17.8 Å². The molecule has 1 saturated heterocycles. The molecule has 3 aromatic rings. The van der Waals surface area contributed by atoms with E-state index in [-0.39, 0.29) is 17.2 Å². The predicted octanol–water partition coefficient (Wildman–Crippen LogP) is 6.51. The molecule has 0 aromatic heterocycles. The van der Waals surface area contributed by atoms with Crippen LogP contribution in [0, 0.1) is 13.8 Å². The zero-order chi connectivity index (χ0) is 25.3. The molecule has 1 heterocycles. The van der Waals surface area contributed by atoms with Gasteiger partial charge >= 0.3 is 6.03 Å². The molecule has 0 radical (unpaired) electrons. The van der Waals surface area contributed by atoms with E-state index in [9.17, 15) is 14.4 Å². The second-order valence-corrected chi connectivity index (χ2v) is 9.14. The van der Waals surface area contributed by atoms with Gasteiger partial charge in [0.25, 0.3) is 11.8 Å². The van der Waals surface area contributed by atoms with Crippen LogP contribution < -0.4 is 15.0 Å². The first-order valence-corrected chi connectivity index (χ1v) is 11.6. The molecular weight excluding hydrogens is 511 g/mol. The summed E-state index contributed by atoms with van der Waals surface area (Å²) in [6, 6.07) is 14.4. The lowest BCUT2D eigenvalue weighted by Gasteiger charge is -2.28. The minimum absolute atomic E-state index is 0.171. The number of barbiturate groups is 1. The van der Waals surface area contributed by atoms with Crippen LogP contribution in [0.2, 0.25) is 15.1 Å². The fraction of sp³-hybridized carbons (Fsp3) is 0.115. The van der Waals surface area contributed by atoms with Crippen LogP contribution in [0.15, 0.2) is 60.2 Å². The number of carbonyl (C=O) groups excluding carboxylic acids is 3. The van der Waals surface area contributed by atoms with Gasteiger partial charge in [0, 0.05) is 15.6 Å². The van der Waals surface area contributed by atoms with Gasteiger partial charge in [0.2, 0.25) is 0 Å². The molecule has 1 aliphatic rings. The van der Waals surface area contributed by atoms with Crippen molar-refractivity contribution in [3.63, 3.8) is 0 Å². The maximum atomic E-state index is 13.2.